The predicted octanol–water partition coefficient (Wildman–Crippen LogP) is 3.09. The molecule has 0 atom stereocenters. The molecule has 0 amide bonds. The van der Waals surface area contributed by atoms with Gasteiger partial charge in [0.25, 0.3) is 0 Å². The number of ether oxygens (including phenoxy) is 2. The first-order valence-electron chi connectivity index (χ1n) is 6.81. The van der Waals surface area contributed by atoms with Crippen LogP contribution >= 0.6 is 11.3 Å². The third kappa shape index (κ3) is 3.17. The number of nitrogens with zero attached hydrogens (tertiary/aromatic N) is 1. The van der Waals surface area contributed by atoms with Gasteiger partial charge in [0.05, 0.1) is 18.4 Å². The van der Waals surface area contributed by atoms with Gasteiger partial charge in [-0.3, -0.25) is 0 Å². The molecule has 1 aromatic carbocycles. The summed E-state index contributed by atoms with van der Waals surface area (Å²) >= 11 is 1.46. The van der Waals surface area contributed by atoms with Crippen LogP contribution in [0, 0.1) is 0 Å². The molecular formula is C15H18N2O2S. The minimum atomic E-state index is 0.303. The lowest BCUT2D eigenvalue weighted by molar-refractivity contribution is -0.0389. The normalized spacial score (nSPS) is 16.4. The summed E-state index contributed by atoms with van der Waals surface area (Å²) in [5.74, 6) is 0. The van der Waals surface area contributed by atoms with Crippen LogP contribution in [-0.2, 0) is 16.1 Å². The molecule has 2 heterocycles. The maximum Gasteiger partial charge on any atom is 0.180 e. The number of rotatable bonds is 4. The number of anilines is 1. The van der Waals surface area contributed by atoms with E-state index in [1.807, 2.05) is 17.5 Å². The van der Waals surface area contributed by atoms with Gasteiger partial charge in [-0.15, -0.1) is 11.3 Å². The Morgan fingerprint density at radius 1 is 1.30 bits per heavy atom. The molecule has 0 saturated carbocycles. The van der Waals surface area contributed by atoms with Crippen molar-refractivity contribution in [2.75, 3.05) is 18.9 Å². The topological polar surface area (TPSA) is 57.4 Å². The van der Waals surface area contributed by atoms with Crippen LogP contribution in [0.1, 0.15) is 18.4 Å². The van der Waals surface area contributed by atoms with Crippen molar-refractivity contribution in [1.29, 1.82) is 0 Å². The molecule has 0 spiro atoms. The summed E-state index contributed by atoms with van der Waals surface area (Å²) in [5, 5.41) is 2.59. The van der Waals surface area contributed by atoms with Crippen LogP contribution in [0.25, 0.3) is 11.3 Å². The van der Waals surface area contributed by atoms with Crippen molar-refractivity contribution in [1.82, 2.24) is 4.98 Å². The molecule has 0 radical (unpaired) electrons. The highest BCUT2D eigenvalue weighted by molar-refractivity contribution is 7.13. The van der Waals surface area contributed by atoms with E-state index in [0.717, 1.165) is 42.9 Å². The summed E-state index contributed by atoms with van der Waals surface area (Å²) in [4.78, 5) is 4.36. The summed E-state index contributed by atoms with van der Waals surface area (Å²) in [7, 11) is 0. The molecule has 5 heteroatoms. The average molecular weight is 290 g/mol. The highest BCUT2D eigenvalue weighted by atomic mass is 32.1. The Labute approximate surface area is 122 Å². The predicted molar refractivity (Wildman–Crippen MR) is 80.6 cm³/mol. The Morgan fingerprint density at radius 3 is 2.85 bits per heavy atom. The number of hydrogen-bond donors (Lipinski definition) is 1. The molecule has 2 aromatic rings. The molecular weight excluding hydrogens is 272 g/mol. The van der Waals surface area contributed by atoms with Crippen molar-refractivity contribution in [2.24, 2.45) is 0 Å². The first-order valence-corrected chi connectivity index (χ1v) is 7.69. The maximum atomic E-state index is 6.00. The number of benzene rings is 1. The van der Waals surface area contributed by atoms with Gasteiger partial charge in [-0.1, -0.05) is 24.3 Å². The van der Waals surface area contributed by atoms with Gasteiger partial charge in [-0.25, -0.2) is 4.98 Å². The molecule has 1 fully saturated rings. The molecule has 0 aliphatic carbocycles. The van der Waals surface area contributed by atoms with E-state index in [2.05, 4.69) is 17.1 Å². The highest BCUT2D eigenvalue weighted by Crippen LogP contribution is 2.27. The molecule has 3 rings (SSSR count). The Bertz CT molecular complexity index is 565. The minimum Gasteiger partial charge on any atom is -0.381 e. The lowest BCUT2D eigenvalue weighted by atomic mass is 10.1. The third-order valence-corrected chi connectivity index (χ3v) is 4.13. The SMILES string of the molecule is Nc1nc(-c2ccccc2COC2CCOCC2)cs1. The Balaban J connectivity index is 1.72. The minimum absolute atomic E-state index is 0.303. The fourth-order valence-electron chi connectivity index (χ4n) is 2.36. The number of nitrogen functional groups attached to an aromatic ring is 1. The van der Waals surface area contributed by atoms with Crippen LogP contribution in [-0.4, -0.2) is 24.3 Å². The van der Waals surface area contributed by atoms with Gasteiger partial charge in [-0.05, 0) is 18.4 Å². The lowest BCUT2D eigenvalue weighted by Gasteiger charge is -2.22. The number of aromatic nitrogens is 1. The summed E-state index contributed by atoms with van der Waals surface area (Å²) in [5.41, 5.74) is 8.91. The molecule has 20 heavy (non-hydrogen) atoms. The highest BCUT2D eigenvalue weighted by Gasteiger charge is 2.15. The summed E-state index contributed by atoms with van der Waals surface area (Å²) in [6, 6.07) is 8.20. The number of hydrogen-bond acceptors (Lipinski definition) is 5. The standard InChI is InChI=1S/C15H18N2O2S/c16-15-17-14(10-20-15)13-4-2-1-3-11(13)9-19-12-5-7-18-8-6-12/h1-4,10,12H,5-9H2,(H2,16,17). The van der Waals surface area contributed by atoms with Crippen LogP contribution in [0.15, 0.2) is 29.6 Å². The average Bonchev–Trinajstić information content (AvgIpc) is 2.93. The molecule has 2 N–H and O–H groups in total. The van der Waals surface area contributed by atoms with Gasteiger partial charge < -0.3 is 15.2 Å². The monoisotopic (exact) mass is 290 g/mol. The molecule has 0 unspecified atom stereocenters. The van der Waals surface area contributed by atoms with Crippen LogP contribution < -0.4 is 5.73 Å². The zero-order valence-electron chi connectivity index (χ0n) is 11.2. The van der Waals surface area contributed by atoms with Crippen LogP contribution in [0.4, 0.5) is 5.13 Å². The second-order valence-electron chi connectivity index (χ2n) is 4.85. The second kappa shape index (κ2) is 6.35. The fourth-order valence-corrected chi connectivity index (χ4v) is 2.92. The summed E-state index contributed by atoms with van der Waals surface area (Å²) in [6.07, 6.45) is 2.26. The van der Waals surface area contributed by atoms with Gasteiger partial charge in [0.1, 0.15) is 0 Å². The third-order valence-electron chi connectivity index (χ3n) is 3.46. The molecule has 106 valence electrons. The Kier molecular flexibility index (Phi) is 4.30. The second-order valence-corrected chi connectivity index (χ2v) is 5.74. The summed E-state index contributed by atoms with van der Waals surface area (Å²) in [6.45, 7) is 2.21. The quantitative estimate of drug-likeness (QED) is 0.940. The molecule has 1 aromatic heterocycles. The van der Waals surface area contributed by atoms with E-state index in [0.29, 0.717) is 17.8 Å². The van der Waals surface area contributed by atoms with E-state index >= 15 is 0 Å². The first-order chi connectivity index (χ1) is 9.83. The Hall–Kier alpha value is -1.43. The van der Waals surface area contributed by atoms with Crippen LogP contribution in [0.2, 0.25) is 0 Å². The molecule has 1 aliphatic rings. The van der Waals surface area contributed by atoms with E-state index in [1.165, 1.54) is 11.3 Å². The maximum absolute atomic E-state index is 6.00. The number of thiazole rings is 1. The largest absolute Gasteiger partial charge is 0.381 e. The zero-order valence-corrected chi connectivity index (χ0v) is 12.1. The van der Waals surface area contributed by atoms with Gasteiger partial charge in [0.2, 0.25) is 0 Å². The first kappa shape index (κ1) is 13.5. The van der Waals surface area contributed by atoms with E-state index in [-0.39, 0.29) is 0 Å². The fraction of sp³-hybridized carbons (Fsp3) is 0.400. The van der Waals surface area contributed by atoms with E-state index < -0.39 is 0 Å². The van der Waals surface area contributed by atoms with Gasteiger partial charge in [-0.2, -0.15) is 0 Å². The van der Waals surface area contributed by atoms with E-state index in [1.54, 1.807) is 0 Å². The van der Waals surface area contributed by atoms with Gasteiger partial charge in [0, 0.05) is 24.2 Å². The van der Waals surface area contributed by atoms with Crippen molar-refractivity contribution in [3.8, 4) is 11.3 Å². The van der Waals surface area contributed by atoms with Crippen molar-refractivity contribution in [2.45, 2.75) is 25.6 Å². The smallest absolute Gasteiger partial charge is 0.180 e. The number of nitrogens with two attached hydrogens (primary N) is 1. The summed E-state index contributed by atoms with van der Waals surface area (Å²) < 4.78 is 11.3. The molecule has 1 saturated heterocycles. The van der Waals surface area contributed by atoms with E-state index in [9.17, 15) is 0 Å². The molecule has 4 nitrogen and oxygen atoms in total. The van der Waals surface area contributed by atoms with Gasteiger partial charge >= 0.3 is 0 Å². The van der Waals surface area contributed by atoms with E-state index in [4.69, 9.17) is 15.2 Å². The van der Waals surface area contributed by atoms with Crippen LogP contribution in [0.3, 0.4) is 0 Å². The van der Waals surface area contributed by atoms with Crippen molar-refractivity contribution < 1.29 is 9.47 Å². The van der Waals surface area contributed by atoms with Gasteiger partial charge in [0.15, 0.2) is 5.13 Å². The van der Waals surface area contributed by atoms with Crippen LogP contribution in [0.5, 0.6) is 0 Å². The van der Waals surface area contributed by atoms with Crippen molar-refractivity contribution in [3.05, 3.63) is 35.2 Å². The lowest BCUT2D eigenvalue weighted by Crippen LogP contribution is -2.23. The molecule has 1 aliphatic heterocycles. The molecule has 0 bridgehead atoms. The van der Waals surface area contributed by atoms with Crippen molar-refractivity contribution in [3.63, 3.8) is 0 Å². The van der Waals surface area contributed by atoms with Crippen molar-refractivity contribution >= 4 is 16.5 Å². The zero-order chi connectivity index (χ0) is 13.8. The Morgan fingerprint density at radius 2 is 2.10 bits per heavy atom.